The number of nitrogens with zero attached hydrogens (tertiary/aromatic N) is 4. The predicted octanol–water partition coefficient (Wildman–Crippen LogP) is 1.73. The molecular weight excluding hydrogens is 236 g/mol. The summed E-state index contributed by atoms with van der Waals surface area (Å²) in [4.78, 5) is 8.45. The van der Waals surface area contributed by atoms with Crippen molar-refractivity contribution in [3.8, 4) is 0 Å². The Labute approximate surface area is 104 Å². The van der Waals surface area contributed by atoms with Gasteiger partial charge in [-0.05, 0) is 13.3 Å². The van der Waals surface area contributed by atoms with Crippen LogP contribution in [0.3, 0.4) is 0 Å². The van der Waals surface area contributed by atoms with Gasteiger partial charge in [0.15, 0.2) is 0 Å². The Morgan fingerprint density at radius 2 is 2.35 bits per heavy atom. The lowest BCUT2D eigenvalue weighted by Crippen LogP contribution is -2.10. The number of hydrogen-bond donors (Lipinski definition) is 1. The third-order valence-electron chi connectivity index (χ3n) is 2.49. The molecule has 1 atom stereocenters. The van der Waals surface area contributed by atoms with E-state index in [1.807, 2.05) is 17.0 Å². The first-order chi connectivity index (χ1) is 8.20. The molecule has 0 fully saturated rings. The van der Waals surface area contributed by atoms with Crippen molar-refractivity contribution in [2.45, 2.75) is 39.3 Å². The second kappa shape index (κ2) is 5.37. The summed E-state index contributed by atoms with van der Waals surface area (Å²) in [6.45, 7) is 4.85. The van der Waals surface area contributed by atoms with Gasteiger partial charge in [0.25, 0.3) is 0 Å². The van der Waals surface area contributed by atoms with Crippen molar-refractivity contribution in [2.75, 3.05) is 0 Å². The minimum absolute atomic E-state index is 0.461. The highest BCUT2D eigenvalue weighted by Gasteiger charge is 2.15. The fourth-order valence-electron chi connectivity index (χ4n) is 1.66. The van der Waals surface area contributed by atoms with Crippen molar-refractivity contribution in [1.29, 1.82) is 0 Å². The molecule has 0 bridgehead atoms. The topological polar surface area (TPSA) is 63.8 Å². The van der Waals surface area contributed by atoms with Crippen molar-refractivity contribution < 1.29 is 5.11 Å². The van der Waals surface area contributed by atoms with Crippen LogP contribution in [0.15, 0.2) is 11.7 Å². The molecule has 0 aliphatic carbocycles. The molecule has 0 amide bonds. The van der Waals surface area contributed by atoms with Gasteiger partial charge in [-0.15, -0.1) is 11.3 Å². The van der Waals surface area contributed by atoms with Gasteiger partial charge in [0.05, 0.1) is 10.7 Å². The van der Waals surface area contributed by atoms with Gasteiger partial charge in [-0.25, -0.2) is 9.97 Å². The Bertz CT molecular complexity index is 479. The molecule has 0 aromatic carbocycles. The molecule has 0 saturated carbocycles. The SMILES string of the molecule is CCCn1ncnc1CC(O)c1csc(C)n1. The minimum atomic E-state index is -0.597. The van der Waals surface area contributed by atoms with Crippen LogP contribution in [0.5, 0.6) is 0 Å². The van der Waals surface area contributed by atoms with Crippen LogP contribution in [0.4, 0.5) is 0 Å². The van der Waals surface area contributed by atoms with Gasteiger partial charge < -0.3 is 5.11 Å². The van der Waals surface area contributed by atoms with Gasteiger partial charge >= 0.3 is 0 Å². The van der Waals surface area contributed by atoms with Crippen LogP contribution in [0, 0.1) is 6.92 Å². The zero-order valence-electron chi connectivity index (χ0n) is 10.00. The number of aliphatic hydroxyl groups is 1. The second-order valence-electron chi connectivity index (χ2n) is 3.91. The van der Waals surface area contributed by atoms with E-state index in [2.05, 4.69) is 22.0 Å². The summed E-state index contributed by atoms with van der Waals surface area (Å²) in [6, 6.07) is 0. The van der Waals surface area contributed by atoms with E-state index in [4.69, 9.17) is 0 Å². The molecule has 0 aliphatic heterocycles. The highest BCUT2D eigenvalue weighted by Crippen LogP contribution is 2.19. The first-order valence-electron chi connectivity index (χ1n) is 5.67. The van der Waals surface area contributed by atoms with Crippen LogP contribution >= 0.6 is 11.3 Å². The molecule has 92 valence electrons. The van der Waals surface area contributed by atoms with Crippen LogP contribution in [-0.2, 0) is 13.0 Å². The molecule has 2 heterocycles. The number of aliphatic hydroxyl groups excluding tert-OH is 1. The third kappa shape index (κ3) is 2.89. The summed E-state index contributed by atoms with van der Waals surface area (Å²) >= 11 is 1.55. The molecule has 2 aromatic heterocycles. The van der Waals surface area contributed by atoms with Crippen LogP contribution < -0.4 is 0 Å². The lowest BCUT2D eigenvalue weighted by molar-refractivity contribution is 0.169. The zero-order valence-corrected chi connectivity index (χ0v) is 10.8. The van der Waals surface area contributed by atoms with Gasteiger partial charge in [-0.3, -0.25) is 4.68 Å². The molecule has 1 N–H and O–H groups in total. The Kier molecular flexibility index (Phi) is 3.86. The molecule has 0 saturated heterocycles. The second-order valence-corrected chi connectivity index (χ2v) is 4.97. The van der Waals surface area contributed by atoms with Crippen LogP contribution in [-0.4, -0.2) is 24.9 Å². The quantitative estimate of drug-likeness (QED) is 0.880. The van der Waals surface area contributed by atoms with E-state index in [-0.39, 0.29) is 0 Å². The number of aromatic nitrogens is 4. The van der Waals surface area contributed by atoms with Gasteiger partial charge in [0.1, 0.15) is 18.3 Å². The molecule has 0 aliphatic rings. The Morgan fingerprint density at radius 1 is 1.53 bits per heavy atom. The maximum Gasteiger partial charge on any atom is 0.138 e. The fourth-order valence-corrected chi connectivity index (χ4v) is 2.31. The highest BCUT2D eigenvalue weighted by molar-refractivity contribution is 7.09. The van der Waals surface area contributed by atoms with Gasteiger partial charge in [0.2, 0.25) is 0 Å². The molecule has 1 unspecified atom stereocenters. The summed E-state index contributed by atoms with van der Waals surface area (Å²) in [5.41, 5.74) is 0.721. The van der Waals surface area contributed by atoms with Crippen LogP contribution in [0.2, 0.25) is 0 Å². The van der Waals surface area contributed by atoms with Gasteiger partial charge in [-0.1, -0.05) is 6.92 Å². The molecule has 5 nitrogen and oxygen atoms in total. The van der Waals surface area contributed by atoms with Crippen LogP contribution in [0.25, 0.3) is 0 Å². The smallest absolute Gasteiger partial charge is 0.138 e. The highest BCUT2D eigenvalue weighted by atomic mass is 32.1. The number of thiazole rings is 1. The lowest BCUT2D eigenvalue weighted by Gasteiger charge is -2.08. The Balaban J connectivity index is 2.07. The summed E-state index contributed by atoms with van der Waals surface area (Å²) < 4.78 is 1.84. The third-order valence-corrected chi connectivity index (χ3v) is 3.28. The average Bonchev–Trinajstić information content (AvgIpc) is 2.89. The van der Waals surface area contributed by atoms with E-state index >= 15 is 0 Å². The maximum atomic E-state index is 10.1. The molecule has 0 radical (unpaired) electrons. The standard InChI is InChI=1S/C11H16N4OS/c1-3-4-15-11(12-7-13-15)5-10(16)9-6-17-8(2)14-9/h6-7,10,16H,3-5H2,1-2H3. The van der Waals surface area contributed by atoms with E-state index in [0.717, 1.165) is 29.5 Å². The maximum absolute atomic E-state index is 10.1. The molecular formula is C11H16N4OS. The largest absolute Gasteiger partial charge is 0.386 e. The molecule has 2 aromatic rings. The summed E-state index contributed by atoms with van der Waals surface area (Å²) in [6.07, 6.45) is 2.40. The van der Waals surface area contributed by atoms with Crippen molar-refractivity contribution in [1.82, 2.24) is 19.7 Å². The number of rotatable bonds is 5. The van der Waals surface area contributed by atoms with Gasteiger partial charge in [0, 0.05) is 18.3 Å². The zero-order chi connectivity index (χ0) is 12.3. The van der Waals surface area contributed by atoms with Crippen LogP contribution in [0.1, 0.15) is 36.0 Å². The normalized spacial score (nSPS) is 12.9. The number of aryl methyl sites for hydroxylation is 2. The van der Waals surface area contributed by atoms with Crippen molar-refractivity contribution >= 4 is 11.3 Å². The predicted molar refractivity (Wildman–Crippen MR) is 65.8 cm³/mol. The fraction of sp³-hybridized carbons (Fsp3) is 0.545. The molecule has 17 heavy (non-hydrogen) atoms. The van der Waals surface area contributed by atoms with Crippen molar-refractivity contribution in [2.24, 2.45) is 0 Å². The minimum Gasteiger partial charge on any atom is -0.386 e. The molecule has 0 spiro atoms. The summed E-state index contributed by atoms with van der Waals surface area (Å²) in [5, 5.41) is 17.1. The van der Waals surface area contributed by atoms with E-state index in [0.29, 0.717) is 6.42 Å². The Hall–Kier alpha value is -1.27. The van der Waals surface area contributed by atoms with Crippen molar-refractivity contribution in [3.05, 3.63) is 28.2 Å². The van der Waals surface area contributed by atoms with E-state index in [9.17, 15) is 5.11 Å². The molecule has 6 heteroatoms. The first-order valence-corrected chi connectivity index (χ1v) is 6.55. The monoisotopic (exact) mass is 252 g/mol. The van der Waals surface area contributed by atoms with Gasteiger partial charge in [-0.2, -0.15) is 5.10 Å². The summed E-state index contributed by atoms with van der Waals surface area (Å²) in [5.74, 6) is 0.810. The number of hydrogen-bond acceptors (Lipinski definition) is 5. The van der Waals surface area contributed by atoms with E-state index in [1.54, 1.807) is 11.3 Å². The first kappa shape index (κ1) is 12.2. The van der Waals surface area contributed by atoms with Crippen molar-refractivity contribution in [3.63, 3.8) is 0 Å². The average molecular weight is 252 g/mol. The van der Waals surface area contributed by atoms with E-state index < -0.39 is 6.10 Å². The lowest BCUT2D eigenvalue weighted by atomic mass is 10.2. The Morgan fingerprint density at radius 3 is 3.00 bits per heavy atom. The van der Waals surface area contributed by atoms with E-state index in [1.165, 1.54) is 6.33 Å². The molecule has 2 rings (SSSR count). The summed E-state index contributed by atoms with van der Waals surface area (Å²) in [7, 11) is 0.